The van der Waals surface area contributed by atoms with Gasteiger partial charge < -0.3 is 30.6 Å². The number of methoxy groups -OCH3 is 1. The number of ether oxygens (including phenoxy) is 2. The summed E-state index contributed by atoms with van der Waals surface area (Å²) in [5.74, 6) is -2.12. The van der Waals surface area contributed by atoms with Gasteiger partial charge in [-0.2, -0.15) is 0 Å². The molecule has 0 bridgehead atoms. The Balaban J connectivity index is 2.32. The number of rotatable bonds is 2. The van der Waals surface area contributed by atoms with Gasteiger partial charge in [-0.3, -0.25) is 4.79 Å². The Morgan fingerprint density at radius 1 is 1.33 bits per heavy atom. The number of carbonyl (C=O) groups excluding carboxylic acids is 3. The van der Waals surface area contributed by atoms with Gasteiger partial charge in [0.2, 0.25) is 5.84 Å². The number of esters is 1. The van der Waals surface area contributed by atoms with E-state index in [0.717, 1.165) is 16.2 Å². The van der Waals surface area contributed by atoms with E-state index in [-0.39, 0.29) is 17.1 Å². The molecule has 4 N–H and O–H groups in total. The van der Waals surface area contributed by atoms with Crippen molar-refractivity contribution in [3.05, 3.63) is 16.0 Å². The maximum Gasteiger partial charge on any atom is 0.410 e. The van der Waals surface area contributed by atoms with E-state index in [2.05, 4.69) is 10.5 Å². The molecule has 0 radical (unpaired) electrons. The molecular formula is C16H22N4O6S. The van der Waals surface area contributed by atoms with Gasteiger partial charge in [0.15, 0.2) is 0 Å². The maximum atomic E-state index is 12.3. The lowest BCUT2D eigenvalue weighted by molar-refractivity contribution is -0.110. The highest BCUT2D eigenvalue weighted by Gasteiger charge is 2.32. The number of nitrogens with zero attached hydrogens (tertiary/aromatic N) is 2. The van der Waals surface area contributed by atoms with Crippen LogP contribution >= 0.6 is 11.3 Å². The van der Waals surface area contributed by atoms with Gasteiger partial charge in [-0.25, -0.2) is 9.59 Å². The van der Waals surface area contributed by atoms with Crippen molar-refractivity contribution < 1.29 is 29.1 Å². The third kappa shape index (κ3) is 4.67. The zero-order valence-corrected chi connectivity index (χ0v) is 16.3. The summed E-state index contributed by atoms with van der Waals surface area (Å²) >= 11 is 1.13. The van der Waals surface area contributed by atoms with Crippen molar-refractivity contribution in [3.63, 3.8) is 0 Å². The van der Waals surface area contributed by atoms with Crippen LogP contribution in [0.4, 0.5) is 9.80 Å². The molecule has 27 heavy (non-hydrogen) atoms. The van der Waals surface area contributed by atoms with Crippen molar-refractivity contribution in [1.29, 1.82) is 0 Å². The van der Waals surface area contributed by atoms with Gasteiger partial charge in [-0.15, -0.1) is 11.3 Å². The number of fused-ring (bicyclic) bond motifs is 1. The molecule has 148 valence electrons. The second-order valence-electron chi connectivity index (χ2n) is 6.79. The molecule has 11 heteroatoms. The molecule has 0 saturated heterocycles. The zero-order valence-electron chi connectivity index (χ0n) is 15.5. The van der Waals surface area contributed by atoms with Crippen LogP contribution in [0.2, 0.25) is 0 Å². The van der Waals surface area contributed by atoms with Gasteiger partial charge >= 0.3 is 12.1 Å². The lowest BCUT2D eigenvalue weighted by Gasteiger charge is -2.30. The number of thiophene rings is 1. The molecule has 2 amide bonds. The van der Waals surface area contributed by atoms with Gasteiger partial charge in [0, 0.05) is 11.4 Å². The first-order chi connectivity index (χ1) is 12.6. The number of oxime groups is 1. The summed E-state index contributed by atoms with van der Waals surface area (Å²) in [5.41, 5.74) is 5.56. The molecule has 1 aromatic rings. The minimum absolute atomic E-state index is 0.209. The van der Waals surface area contributed by atoms with Crippen molar-refractivity contribution in [3.8, 4) is 0 Å². The van der Waals surface area contributed by atoms with Crippen LogP contribution in [0.5, 0.6) is 0 Å². The molecule has 2 rings (SSSR count). The van der Waals surface area contributed by atoms with E-state index in [0.29, 0.717) is 18.5 Å². The van der Waals surface area contributed by atoms with E-state index in [9.17, 15) is 14.4 Å². The average Bonchev–Trinajstić information content (AvgIpc) is 2.95. The summed E-state index contributed by atoms with van der Waals surface area (Å²) in [5, 5.41) is 13.9. The standard InChI is InChI=1S/C16H22N4O6S/c1-16(2,3)26-15(23)20-6-5-8-9(7-20)27-13(10(8)14(22)25-4)18-12(21)11(17)19-24/h24H,5-7H2,1-4H3,(H2,17,19)(H,18,21). The van der Waals surface area contributed by atoms with Crippen LogP contribution in [0, 0.1) is 0 Å². The predicted octanol–water partition coefficient (Wildman–Crippen LogP) is 1.51. The van der Waals surface area contributed by atoms with Gasteiger partial charge in [0.25, 0.3) is 5.91 Å². The fourth-order valence-corrected chi connectivity index (χ4v) is 3.75. The van der Waals surface area contributed by atoms with Crippen molar-refractivity contribution in [2.75, 3.05) is 19.0 Å². The molecule has 0 atom stereocenters. The molecule has 1 aliphatic rings. The van der Waals surface area contributed by atoms with E-state index >= 15 is 0 Å². The van der Waals surface area contributed by atoms with Crippen LogP contribution in [-0.2, 0) is 27.2 Å². The first kappa shape index (κ1) is 20.5. The Morgan fingerprint density at radius 3 is 2.56 bits per heavy atom. The predicted molar refractivity (Wildman–Crippen MR) is 98.0 cm³/mol. The Morgan fingerprint density at radius 2 is 2.00 bits per heavy atom. The number of amidine groups is 1. The quantitative estimate of drug-likeness (QED) is 0.225. The topological polar surface area (TPSA) is 144 Å². The zero-order chi connectivity index (χ0) is 20.4. The molecule has 0 saturated carbocycles. The molecule has 0 aromatic carbocycles. The van der Waals surface area contributed by atoms with E-state index in [1.807, 2.05) is 0 Å². The highest BCUT2D eigenvalue weighted by molar-refractivity contribution is 7.17. The Labute approximate surface area is 159 Å². The summed E-state index contributed by atoms with van der Waals surface area (Å²) in [7, 11) is 1.23. The summed E-state index contributed by atoms with van der Waals surface area (Å²) in [6, 6.07) is 0. The molecule has 2 heterocycles. The lowest BCUT2D eigenvalue weighted by Crippen LogP contribution is -2.39. The minimum Gasteiger partial charge on any atom is -0.465 e. The number of anilines is 1. The van der Waals surface area contributed by atoms with Crippen molar-refractivity contribution >= 4 is 40.1 Å². The van der Waals surface area contributed by atoms with Crippen molar-refractivity contribution in [1.82, 2.24) is 4.90 Å². The second kappa shape index (κ2) is 7.82. The molecule has 0 aliphatic carbocycles. The number of carbonyl (C=O) groups is 3. The lowest BCUT2D eigenvalue weighted by atomic mass is 10.0. The van der Waals surface area contributed by atoms with Gasteiger partial charge in [0.1, 0.15) is 10.6 Å². The summed E-state index contributed by atoms with van der Waals surface area (Å²) < 4.78 is 10.2. The van der Waals surface area contributed by atoms with Crippen LogP contribution < -0.4 is 11.1 Å². The maximum absolute atomic E-state index is 12.3. The van der Waals surface area contributed by atoms with E-state index in [1.54, 1.807) is 20.8 Å². The molecule has 1 aliphatic heterocycles. The molecule has 1 aromatic heterocycles. The fourth-order valence-electron chi connectivity index (χ4n) is 2.50. The number of nitrogens with two attached hydrogens (primary N) is 1. The minimum atomic E-state index is -0.856. The van der Waals surface area contributed by atoms with Crippen LogP contribution in [-0.4, -0.2) is 53.2 Å². The van der Waals surface area contributed by atoms with Gasteiger partial charge in [0.05, 0.1) is 19.2 Å². The Kier molecular flexibility index (Phi) is 5.94. The van der Waals surface area contributed by atoms with E-state index < -0.39 is 29.4 Å². The Bertz CT molecular complexity index is 796. The first-order valence-corrected chi connectivity index (χ1v) is 8.88. The summed E-state index contributed by atoms with van der Waals surface area (Å²) in [6.07, 6.45) is -0.0574. The summed E-state index contributed by atoms with van der Waals surface area (Å²) in [6.45, 7) is 5.93. The van der Waals surface area contributed by atoms with Gasteiger partial charge in [-0.05, 0) is 32.8 Å². The largest absolute Gasteiger partial charge is 0.465 e. The van der Waals surface area contributed by atoms with Gasteiger partial charge in [-0.1, -0.05) is 5.16 Å². The third-order valence-electron chi connectivity index (χ3n) is 3.67. The molecule has 0 unspecified atom stereocenters. The van der Waals surface area contributed by atoms with Crippen LogP contribution in [0.15, 0.2) is 5.16 Å². The SMILES string of the molecule is COC(=O)c1c(NC(=O)/C(N)=N/O)sc2c1CCN(C(=O)OC(C)(C)C)C2. The highest BCUT2D eigenvalue weighted by Crippen LogP contribution is 2.38. The first-order valence-electron chi connectivity index (χ1n) is 8.07. The van der Waals surface area contributed by atoms with Crippen molar-refractivity contribution in [2.45, 2.75) is 39.3 Å². The Hall–Kier alpha value is -2.82. The smallest absolute Gasteiger partial charge is 0.410 e. The monoisotopic (exact) mass is 398 g/mol. The molecular weight excluding hydrogens is 376 g/mol. The molecule has 10 nitrogen and oxygen atoms in total. The third-order valence-corrected chi connectivity index (χ3v) is 4.80. The number of hydrogen-bond donors (Lipinski definition) is 3. The van der Waals surface area contributed by atoms with E-state index in [4.69, 9.17) is 20.4 Å². The number of nitrogens with one attached hydrogen (secondary N) is 1. The van der Waals surface area contributed by atoms with Crippen molar-refractivity contribution in [2.24, 2.45) is 10.9 Å². The number of amides is 2. The van der Waals surface area contributed by atoms with Crippen LogP contribution in [0.25, 0.3) is 0 Å². The number of hydrogen-bond acceptors (Lipinski definition) is 8. The average molecular weight is 398 g/mol. The second-order valence-corrected chi connectivity index (χ2v) is 7.90. The highest BCUT2D eigenvalue weighted by atomic mass is 32.1. The summed E-state index contributed by atoms with van der Waals surface area (Å²) in [4.78, 5) is 38.7. The van der Waals surface area contributed by atoms with Crippen LogP contribution in [0.1, 0.15) is 41.6 Å². The normalized spacial score (nSPS) is 14.4. The van der Waals surface area contributed by atoms with E-state index in [1.165, 1.54) is 12.0 Å². The van der Waals surface area contributed by atoms with Crippen LogP contribution in [0.3, 0.4) is 0 Å². The molecule has 0 fully saturated rings. The molecule has 0 spiro atoms. The fraction of sp³-hybridized carbons (Fsp3) is 0.500.